The third-order valence-corrected chi connectivity index (χ3v) is 5.68. The molecule has 0 aromatic heterocycles. The maximum Gasteiger partial charge on any atom is 0.416 e. The molecule has 0 unspecified atom stereocenters. The molecule has 0 N–H and O–H groups in total. The van der Waals surface area contributed by atoms with E-state index < -0.39 is 17.3 Å². The Labute approximate surface area is 165 Å². The molecule has 1 saturated carbocycles. The van der Waals surface area contributed by atoms with Crippen LogP contribution < -0.4 is 0 Å². The van der Waals surface area contributed by atoms with Gasteiger partial charge in [-0.3, -0.25) is 9.80 Å². The average molecular weight is 449 g/mol. The first-order valence-corrected chi connectivity index (χ1v) is 9.78. The Hall–Kier alpha value is -1.28. The standard InChI is InChI=1S/C19H24BrF3N2O2/c1-17(2,3)27-16(26)25-9-8-24(12-18(25)6-7-18)11-13-4-5-14(10-15(13)20)19(21,22)23/h4-5,10H,6-9,11-12H2,1-3H3. The van der Waals surface area contributed by atoms with Crippen molar-refractivity contribution in [3.63, 3.8) is 0 Å². The Morgan fingerprint density at radius 3 is 2.41 bits per heavy atom. The fourth-order valence-electron chi connectivity index (χ4n) is 3.46. The van der Waals surface area contributed by atoms with Gasteiger partial charge in [-0.1, -0.05) is 22.0 Å². The van der Waals surface area contributed by atoms with Gasteiger partial charge in [0, 0.05) is 30.7 Å². The van der Waals surface area contributed by atoms with Crippen LogP contribution in [0.5, 0.6) is 0 Å². The normalized spacial score (nSPS) is 20.0. The van der Waals surface area contributed by atoms with Crippen molar-refractivity contribution < 1.29 is 22.7 Å². The van der Waals surface area contributed by atoms with Gasteiger partial charge >= 0.3 is 12.3 Å². The minimum atomic E-state index is -4.35. The third-order valence-electron chi connectivity index (χ3n) is 4.95. The van der Waals surface area contributed by atoms with E-state index in [1.54, 1.807) is 0 Å². The van der Waals surface area contributed by atoms with E-state index in [4.69, 9.17) is 4.74 Å². The molecular weight excluding hydrogens is 425 g/mol. The summed E-state index contributed by atoms with van der Waals surface area (Å²) in [5.74, 6) is 0. The first-order valence-electron chi connectivity index (χ1n) is 8.98. The second kappa shape index (κ2) is 6.95. The lowest BCUT2D eigenvalue weighted by Crippen LogP contribution is -2.57. The average Bonchev–Trinajstić information content (AvgIpc) is 3.26. The van der Waals surface area contributed by atoms with Crippen molar-refractivity contribution in [1.29, 1.82) is 0 Å². The number of hydrogen-bond acceptors (Lipinski definition) is 3. The Balaban J connectivity index is 1.66. The number of nitrogens with zero attached hydrogens (tertiary/aromatic N) is 2. The third kappa shape index (κ3) is 4.77. The topological polar surface area (TPSA) is 32.8 Å². The summed E-state index contributed by atoms with van der Waals surface area (Å²) in [6, 6.07) is 3.76. The zero-order chi connectivity index (χ0) is 20.0. The predicted octanol–water partition coefficient (Wildman–Crippen LogP) is 5.05. The summed E-state index contributed by atoms with van der Waals surface area (Å²) in [5, 5.41) is 0. The van der Waals surface area contributed by atoms with E-state index in [1.165, 1.54) is 6.07 Å². The van der Waals surface area contributed by atoms with Crippen LogP contribution >= 0.6 is 15.9 Å². The van der Waals surface area contributed by atoms with Gasteiger partial charge in [-0.25, -0.2) is 4.79 Å². The van der Waals surface area contributed by atoms with E-state index in [1.807, 2.05) is 25.7 Å². The van der Waals surface area contributed by atoms with Gasteiger partial charge in [0.05, 0.1) is 11.1 Å². The fraction of sp³-hybridized carbons (Fsp3) is 0.632. The van der Waals surface area contributed by atoms with Crippen LogP contribution in [-0.4, -0.2) is 46.7 Å². The molecule has 150 valence electrons. The van der Waals surface area contributed by atoms with Crippen molar-refractivity contribution in [3.8, 4) is 0 Å². The van der Waals surface area contributed by atoms with Crippen LogP contribution in [0.1, 0.15) is 44.7 Å². The molecule has 2 fully saturated rings. The number of carbonyl (C=O) groups is 1. The molecule has 2 aliphatic rings. The summed E-state index contributed by atoms with van der Waals surface area (Å²) in [7, 11) is 0. The van der Waals surface area contributed by atoms with E-state index in [-0.39, 0.29) is 11.6 Å². The molecule has 1 heterocycles. The SMILES string of the molecule is CC(C)(C)OC(=O)N1CCN(Cc2ccc(C(F)(F)F)cc2Br)CC12CC2. The molecule has 0 atom stereocenters. The Kier molecular flexibility index (Phi) is 5.27. The summed E-state index contributed by atoms with van der Waals surface area (Å²) < 4.78 is 44.5. The molecule has 1 amide bonds. The molecule has 0 radical (unpaired) electrons. The number of hydrogen-bond donors (Lipinski definition) is 0. The highest BCUT2D eigenvalue weighted by Crippen LogP contribution is 2.45. The Morgan fingerprint density at radius 1 is 1.22 bits per heavy atom. The molecule has 1 aliphatic carbocycles. The minimum Gasteiger partial charge on any atom is -0.444 e. The molecule has 1 aliphatic heterocycles. The van der Waals surface area contributed by atoms with Crippen molar-refractivity contribution in [2.24, 2.45) is 0 Å². The molecule has 1 aromatic carbocycles. The number of piperazine rings is 1. The lowest BCUT2D eigenvalue weighted by atomic mass is 10.1. The highest BCUT2D eigenvalue weighted by Gasteiger charge is 2.54. The van der Waals surface area contributed by atoms with Crippen LogP contribution in [0.15, 0.2) is 22.7 Å². The Bertz CT molecular complexity index is 727. The van der Waals surface area contributed by atoms with E-state index in [2.05, 4.69) is 20.8 Å². The van der Waals surface area contributed by atoms with Crippen molar-refractivity contribution in [1.82, 2.24) is 9.80 Å². The highest BCUT2D eigenvalue weighted by atomic mass is 79.9. The molecule has 27 heavy (non-hydrogen) atoms. The number of benzene rings is 1. The summed E-state index contributed by atoms with van der Waals surface area (Å²) >= 11 is 3.27. The van der Waals surface area contributed by atoms with Gasteiger partial charge in [-0.2, -0.15) is 13.2 Å². The van der Waals surface area contributed by atoms with Crippen molar-refractivity contribution in [2.45, 2.75) is 57.5 Å². The smallest absolute Gasteiger partial charge is 0.416 e. The van der Waals surface area contributed by atoms with Gasteiger partial charge in [0.2, 0.25) is 0 Å². The predicted molar refractivity (Wildman–Crippen MR) is 99.3 cm³/mol. The van der Waals surface area contributed by atoms with Crippen molar-refractivity contribution in [3.05, 3.63) is 33.8 Å². The fourth-order valence-corrected chi connectivity index (χ4v) is 3.97. The summed E-state index contributed by atoms with van der Waals surface area (Å²) in [5.41, 5.74) is -0.579. The van der Waals surface area contributed by atoms with E-state index in [9.17, 15) is 18.0 Å². The van der Waals surface area contributed by atoms with Crippen LogP contribution in [0.3, 0.4) is 0 Å². The quantitative estimate of drug-likeness (QED) is 0.634. The minimum absolute atomic E-state index is 0.195. The highest BCUT2D eigenvalue weighted by molar-refractivity contribution is 9.10. The summed E-state index contributed by atoms with van der Waals surface area (Å²) in [6.45, 7) is 8.03. The maximum atomic E-state index is 12.8. The van der Waals surface area contributed by atoms with Gasteiger partial charge in [0.1, 0.15) is 5.60 Å². The largest absolute Gasteiger partial charge is 0.444 e. The van der Waals surface area contributed by atoms with Gasteiger partial charge < -0.3 is 4.74 Å². The van der Waals surface area contributed by atoms with Crippen molar-refractivity contribution in [2.75, 3.05) is 19.6 Å². The van der Waals surface area contributed by atoms with Gasteiger partial charge in [-0.05, 0) is 51.3 Å². The molecule has 4 nitrogen and oxygen atoms in total. The van der Waals surface area contributed by atoms with Gasteiger partial charge in [0.15, 0.2) is 0 Å². The Morgan fingerprint density at radius 2 is 1.89 bits per heavy atom. The van der Waals surface area contributed by atoms with Crippen LogP contribution in [0.25, 0.3) is 0 Å². The zero-order valence-corrected chi connectivity index (χ0v) is 17.3. The van der Waals surface area contributed by atoms with E-state index in [0.717, 1.165) is 30.5 Å². The number of amides is 1. The molecule has 8 heteroatoms. The second-order valence-corrected chi connectivity index (χ2v) is 9.23. The lowest BCUT2D eigenvalue weighted by Gasteiger charge is -2.42. The molecule has 1 saturated heterocycles. The van der Waals surface area contributed by atoms with E-state index in [0.29, 0.717) is 30.7 Å². The number of carbonyl (C=O) groups excluding carboxylic acids is 1. The molecule has 3 rings (SSSR count). The molecular formula is C19H24BrF3N2O2. The lowest BCUT2D eigenvalue weighted by molar-refractivity contribution is -0.137. The molecule has 0 bridgehead atoms. The zero-order valence-electron chi connectivity index (χ0n) is 15.7. The number of alkyl halides is 3. The van der Waals surface area contributed by atoms with E-state index >= 15 is 0 Å². The number of rotatable bonds is 2. The summed E-state index contributed by atoms with van der Waals surface area (Å²) in [6.07, 6.45) is -2.78. The van der Waals surface area contributed by atoms with Crippen LogP contribution in [0.2, 0.25) is 0 Å². The maximum absolute atomic E-state index is 12.8. The molecule has 1 spiro atoms. The van der Waals surface area contributed by atoms with Gasteiger partial charge in [0.25, 0.3) is 0 Å². The number of ether oxygens (including phenoxy) is 1. The van der Waals surface area contributed by atoms with Crippen LogP contribution in [0, 0.1) is 0 Å². The monoisotopic (exact) mass is 448 g/mol. The number of halogens is 4. The van der Waals surface area contributed by atoms with Crippen molar-refractivity contribution >= 4 is 22.0 Å². The van der Waals surface area contributed by atoms with Crippen LogP contribution in [0.4, 0.5) is 18.0 Å². The molecule has 1 aromatic rings. The first kappa shape index (κ1) is 20.5. The van der Waals surface area contributed by atoms with Crippen LogP contribution in [-0.2, 0) is 17.5 Å². The van der Waals surface area contributed by atoms with Gasteiger partial charge in [-0.15, -0.1) is 0 Å². The second-order valence-electron chi connectivity index (χ2n) is 8.37. The first-order chi connectivity index (χ1) is 12.4. The summed E-state index contributed by atoms with van der Waals surface area (Å²) in [4.78, 5) is 16.5.